The molecule has 2 aromatic rings. The van der Waals surface area contributed by atoms with Crippen molar-refractivity contribution in [3.63, 3.8) is 0 Å². The Balaban J connectivity index is 1.31. The molecule has 5 fully saturated rings. The van der Waals surface area contributed by atoms with Crippen LogP contribution in [0, 0.1) is 21.3 Å². The highest BCUT2D eigenvalue weighted by molar-refractivity contribution is 14.1. The topological polar surface area (TPSA) is 113 Å². The van der Waals surface area contributed by atoms with Crippen LogP contribution in [-0.4, -0.2) is 35.5 Å². The van der Waals surface area contributed by atoms with Gasteiger partial charge in [-0.2, -0.15) is 0 Å². The summed E-state index contributed by atoms with van der Waals surface area (Å²) in [5.74, 6) is -0.178. The smallest absolute Gasteiger partial charge is 0.341 e. The Morgan fingerprint density at radius 3 is 2.28 bits per heavy atom. The predicted octanol–water partition coefficient (Wildman–Crippen LogP) is 5.65. The Labute approximate surface area is 247 Å². The minimum Gasteiger partial charge on any atom is -0.480 e. The highest BCUT2D eigenvalue weighted by atomic mass is 127. The first-order valence-electron chi connectivity index (χ1n) is 13.0. The molecule has 0 aromatic heterocycles. The Kier molecular flexibility index (Phi) is 6.81. The maximum atomic E-state index is 13.5. The molecule has 7 rings (SSSR count). The number of urea groups is 1. The number of nitrogens with zero attached hydrogens (tertiary/aromatic N) is 1. The first-order valence-corrected chi connectivity index (χ1v) is 14.8. The van der Waals surface area contributed by atoms with Crippen molar-refractivity contribution in [1.29, 1.82) is 0 Å². The average Bonchev–Trinajstić information content (AvgIpc) is 2.85. The minimum atomic E-state index is -1.17. The van der Waals surface area contributed by atoms with Gasteiger partial charge in [-0.15, -0.1) is 0 Å². The molecule has 0 spiro atoms. The molecule has 4 bridgehead atoms. The third kappa shape index (κ3) is 4.90. The fraction of sp³-hybridized carbons (Fsp3) is 0.379. The molecule has 0 unspecified atom stereocenters. The third-order valence-electron chi connectivity index (χ3n) is 8.55. The lowest BCUT2D eigenvalue weighted by molar-refractivity contribution is -0.139. The normalized spacial score (nSPS) is 28.7. The molecule has 1 saturated heterocycles. The van der Waals surface area contributed by atoms with Gasteiger partial charge in [-0.3, -0.25) is 14.9 Å². The van der Waals surface area contributed by atoms with Crippen LogP contribution >= 0.6 is 38.5 Å². The monoisotopic (exact) mass is 704 g/mol. The van der Waals surface area contributed by atoms with Gasteiger partial charge in [0.15, 0.2) is 6.61 Å². The number of halogens is 2. The Morgan fingerprint density at radius 1 is 1.08 bits per heavy atom. The largest absolute Gasteiger partial charge is 0.480 e. The molecule has 4 saturated carbocycles. The van der Waals surface area contributed by atoms with Crippen molar-refractivity contribution >= 4 is 74.1 Å². The number of hydrogen-bond acceptors (Lipinski definition) is 5. The molecule has 1 aliphatic heterocycles. The van der Waals surface area contributed by atoms with Gasteiger partial charge in [-0.1, -0.05) is 12.1 Å². The number of carbonyl (C=O) groups is 4. The Morgan fingerprint density at radius 2 is 1.69 bits per heavy atom. The molecule has 1 heterocycles. The molecule has 10 heteroatoms. The van der Waals surface area contributed by atoms with Crippen molar-refractivity contribution in [3.8, 4) is 5.75 Å². The van der Waals surface area contributed by atoms with E-state index in [1.807, 2.05) is 12.1 Å². The van der Waals surface area contributed by atoms with Crippen molar-refractivity contribution < 1.29 is 29.0 Å². The predicted molar refractivity (Wildman–Crippen MR) is 155 cm³/mol. The number of barbiturate groups is 1. The molecule has 2 N–H and O–H groups in total. The van der Waals surface area contributed by atoms with Crippen molar-refractivity contribution in [2.45, 2.75) is 43.9 Å². The molecule has 4 aliphatic carbocycles. The van der Waals surface area contributed by atoms with Gasteiger partial charge >= 0.3 is 12.0 Å². The third-order valence-corrected chi connectivity index (χ3v) is 9.77. The van der Waals surface area contributed by atoms with Gasteiger partial charge in [0, 0.05) is 9.13 Å². The van der Waals surface area contributed by atoms with Crippen LogP contribution in [0.4, 0.5) is 10.5 Å². The fourth-order valence-corrected chi connectivity index (χ4v) is 9.11. The Bertz CT molecular complexity index is 1400. The standard InChI is InChI=1S/C29H26BrIN2O6/c30-23-10-20(31)8-18(25(23)39-14-24(34)35)9-22-26(36)32-28(38)33(27(22)37)21-3-1-19(2-4-21)29-11-15-5-16(12-29)7-17(6-15)13-29/h1-4,8-10,15-17H,5-7,11-14H2,(H,34,35)(H,32,36,38)/b22-9+. The summed E-state index contributed by atoms with van der Waals surface area (Å²) in [5.41, 5.74) is 1.92. The average molecular weight is 705 g/mol. The van der Waals surface area contributed by atoms with Gasteiger partial charge in [0.2, 0.25) is 0 Å². The van der Waals surface area contributed by atoms with Gasteiger partial charge in [0.05, 0.1) is 10.2 Å². The summed E-state index contributed by atoms with van der Waals surface area (Å²) < 4.78 is 6.67. The van der Waals surface area contributed by atoms with Crippen molar-refractivity contribution in [2.24, 2.45) is 17.8 Å². The number of amides is 4. The lowest BCUT2D eigenvalue weighted by Gasteiger charge is -2.57. The van der Waals surface area contributed by atoms with Gasteiger partial charge in [0.25, 0.3) is 11.8 Å². The number of anilines is 1. The van der Waals surface area contributed by atoms with E-state index >= 15 is 0 Å². The first-order chi connectivity index (χ1) is 18.6. The zero-order chi connectivity index (χ0) is 27.5. The number of ether oxygens (including phenoxy) is 1. The second-order valence-electron chi connectivity index (χ2n) is 11.2. The van der Waals surface area contributed by atoms with E-state index in [9.17, 15) is 19.2 Å². The molecule has 202 valence electrons. The van der Waals surface area contributed by atoms with E-state index in [1.165, 1.54) is 50.2 Å². The Hall–Kier alpha value is -2.73. The summed E-state index contributed by atoms with van der Waals surface area (Å²) in [6, 6.07) is 10.2. The molecule has 2 aromatic carbocycles. The maximum Gasteiger partial charge on any atom is 0.341 e. The van der Waals surface area contributed by atoms with Crippen LogP contribution < -0.4 is 15.0 Å². The van der Waals surface area contributed by atoms with Crippen LogP contribution in [0.3, 0.4) is 0 Å². The van der Waals surface area contributed by atoms with E-state index in [0.717, 1.165) is 26.2 Å². The molecule has 39 heavy (non-hydrogen) atoms. The van der Waals surface area contributed by atoms with E-state index in [4.69, 9.17) is 9.84 Å². The number of nitrogens with one attached hydrogen (secondary N) is 1. The molecular weight excluding hydrogens is 679 g/mol. The van der Waals surface area contributed by atoms with Crippen LogP contribution in [0.1, 0.15) is 49.7 Å². The number of carboxylic acids is 1. The van der Waals surface area contributed by atoms with Gasteiger partial charge in [-0.05, 0) is 136 Å². The SMILES string of the molecule is O=C(O)COc1c(Br)cc(I)cc1/C=C1\C(=O)NC(=O)N(c2ccc(C34CC5CC(CC(C5)C3)C4)cc2)C1=O. The molecule has 5 aliphatic rings. The fourth-order valence-electron chi connectivity index (χ4n) is 7.45. The highest BCUT2D eigenvalue weighted by Crippen LogP contribution is 2.60. The van der Waals surface area contributed by atoms with E-state index in [2.05, 4.69) is 43.8 Å². The van der Waals surface area contributed by atoms with Crippen LogP contribution in [0.15, 0.2) is 46.4 Å². The van der Waals surface area contributed by atoms with Gasteiger partial charge in [-0.25, -0.2) is 14.5 Å². The second kappa shape index (κ2) is 10.0. The number of imide groups is 2. The number of carboxylic acid groups (broad SMARTS) is 1. The zero-order valence-corrected chi connectivity index (χ0v) is 24.7. The molecule has 8 nitrogen and oxygen atoms in total. The molecular formula is C29H26BrIN2O6. The first kappa shape index (κ1) is 26.5. The quantitative estimate of drug-likeness (QED) is 0.228. The second-order valence-corrected chi connectivity index (χ2v) is 13.3. The van der Waals surface area contributed by atoms with Crippen LogP contribution in [0.25, 0.3) is 6.08 Å². The molecule has 0 atom stereocenters. The van der Waals surface area contributed by atoms with E-state index in [1.54, 1.807) is 24.3 Å². The van der Waals surface area contributed by atoms with Crippen molar-refractivity contribution in [3.05, 3.63) is 61.1 Å². The lowest BCUT2D eigenvalue weighted by atomic mass is 9.48. The number of benzene rings is 2. The molecule has 4 amide bonds. The van der Waals surface area contributed by atoms with Crippen LogP contribution in [-0.2, 0) is 19.8 Å². The summed E-state index contributed by atoms with van der Waals surface area (Å²) in [7, 11) is 0. The highest BCUT2D eigenvalue weighted by Gasteiger charge is 2.51. The number of hydrogen-bond donors (Lipinski definition) is 2. The summed E-state index contributed by atoms with van der Waals surface area (Å²) in [6.45, 7) is -0.601. The van der Waals surface area contributed by atoms with Crippen molar-refractivity contribution in [1.82, 2.24) is 5.32 Å². The summed E-state index contributed by atoms with van der Waals surface area (Å²) in [6.07, 6.45) is 9.00. The maximum absolute atomic E-state index is 13.5. The summed E-state index contributed by atoms with van der Waals surface area (Å²) in [4.78, 5) is 51.2. The van der Waals surface area contributed by atoms with E-state index < -0.39 is 30.4 Å². The minimum absolute atomic E-state index is 0.175. The van der Waals surface area contributed by atoms with Crippen LogP contribution in [0.2, 0.25) is 0 Å². The zero-order valence-electron chi connectivity index (χ0n) is 20.9. The lowest BCUT2D eigenvalue weighted by Crippen LogP contribution is -2.54. The summed E-state index contributed by atoms with van der Waals surface area (Å²) in [5, 5.41) is 11.3. The van der Waals surface area contributed by atoms with Gasteiger partial charge < -0.3 is 9.84 Å². The van der Waals surface area contributed by atoms with E-state index in [-0.39, 0.29) is 16.7 Å². The van der Waals surface area contributed by atoms with E-state index in [0.29, 0.717) is 15.7 Å². The number of rotatable bonds is 6. The molecule has 0 radical (unpaired) electrons. The summed E-state index contributed by atoms with van der Waals surface area (Å²) >= 11 is 5.43. The number of aliphatic carboxylic acids is 1. The van der Waals surface area contributed by atoms with Gasteiger partial charge in [0.1, 0.15) is 11.3 Å². The number of carbonyl (C=O) groups excluding carboxylic acids is 3. The van der Waals surface area contributed by atoms with Crippen molar-refractivity contribution in [2.75, 3.05) is 11.5 Å². The van der Waals surface area contributed by atoms with Crippen LogP contribution in [0.5, 0.6) is 5.75 Å².